The van der Waals surface area contributed by atoms with E-state index in [0.717, 1.165) is 21.9 Å². The number of carbonyl (C=O) groups excluding carboxylic acids is 1. The zero-order valence-corrected chi connectivity index (χ0v) is 12.6. The molecule has 0 bridgehead atoms. The van der Waals surface area contributed by atoms with Crippen LogP contribution in [0.4, 0.5) is 4.39 Å². The van der Waals surface area contributed by atoms with Gasteiger partial charge >= 0.3 is 0 Å². The number of imidazole rings is 1. The van der Waals surface area contributed by atoms with Gasteiger partial charge in [0.2, 0.25) is 0 Å². The lowest BCUT2D eigenvalue weighted by molar-refractivity contribution is 0.111. The summed E-state index contributed by atoms with van der Waals surface area (Å²) in [6.07, 6.45) is 0.769. The lowest BCUT2D eigenvalue weighted by atomic mass is 10.1. The Morgan fingerprint density at radius 3 is 2.75 bits per heavy atom. The Morgan fingerprint density at radius 1 is 1.45 bits per heavy atom. The van der Waals surface area contributed by atoms with Gasteiger partial charge in [-0.15, -0.1) is 0 Å². The first-order valence-electron chi connectivity index (χ1n) is 6.55. The molecule has 2 rings (SSSR count). The van der Waals surface area contributed by atoms with Gasteiger partial charge in [-0.3, -0.25) is 4.79 Å². The second-order valence-electron chi connectivity index (χ2n) is 4.74. The Hall–Kier alpha value is -1.62. The van der Waals surface area contributed by atoms with Crippen LogP contribution < -0.4 is 0 Å². The molecule has 0 saturated carbocycles. The van der Waals surface area contributed by atoms with E-state index in [0.29, 0.717) is 12.4 Å². The molecule has 0 amide bonds. The van der Waals surface area contributed by atoms with Gasteiger partial charge in [-0.1, -0.05) is 31.7 Å². The Bertz CT molecular complexity index is 622. The van der Waals surface area contributed by atoms with Crippen molar-refractivity contribution >= 4 is 18.0 Å². The van der Waals surface area contributed by atoms with Crippen molar-refractivity contribution in [2.75, 3.05) is 0 Å². The third-order valence-electron chi connectivity index (χ3n) is 2.95. The van der Waals surface area contributed by atoms with E-state index in [9.17, 15) is 9.18 Å². The average molecular weight is 292 g/mol. The first kappa shape index (κ1) is 14.8. The van der Waals surface area contributed by atoms with Crippen LogP contribution in [0, 0.1) is 5.82 Å². The first-order valence-corrected chi connectivity index (χ1v) is 7.37. The predicted octanol–water partition coefficient (Wildman–Crippen LogP) is 4.13. The molecule has 5 heteroatoms. The number of aromatic nitrogens is 2. The second kappa shape index (κ2) is 6.22. The quantitative estimate of drug-likeness (QED) is 0.777. The van der Waals surface area contributed by atoms with Crippen molar-refractivity contribution in [2.24, 2.45) is 0 Å². The first-order chi connectivity index (χ1) is 9.56. The Kier molecular flexibility index (Phi) is 4.60. The van der Waals surface area contributed by atoms with Crippen molar-refractivity contribution in [3.63, 3.8) is 0 Å². The fraction of sp³-hybridized carbons (Fsp3) is 0.333. The van der Waals surface area contributed by atoms with Gasteiger partial charge < -0.3 is 4.57 Å². The highest BCUT2D eigenvalue weighted by atomic mass is 32.2. The van der Waals surface area contributed by atoms with Crippen LogP contribution in [0.25, 0.3) is 0 Å². The molecule has 0 spiro atoms. The fourth-order valence-corrected chi connectivity index (χ4v) is 3.26. The van der Waals surface area contributed by atoms with Crippen LogP contribution >= 0.6 is 11.8 Å². The van der Waals surface area contributed by atoms with E-state index in [2.05, 4.69) is 4.98 Å². The van der Waals surface area contributed by atoms with Crippen LogP contribution in [0.15, 0.2) is 34.2 Å². The molecule has 0 fully saturated rings. The van der Waals surface area contributed by atoms with Gasteiger partial charge in [-0.2, -0.15) is 0 Å². The fourth-order valence-electron chi connectivity index (χ4n) is 2.00. The highest BCUT2D eigenvalue weighted by Crippen LogP contribution is 2.34. The number of rotatable bonds is 5. The zero-order valence-electron chi connectivity index (χ0n) is 11.8. The normalized spacial score (nSPS) is 11.1. The summed E-state index contributed by atoms with van der Waals surface area (Å²) in [4.78, 5) is 16.3. The summed E-state index contributed by atoms with van der Waals surface area (Å²) >= 11 is 1.45. The third kappa shape index (κ3) is 2.93. The van der Waals surface area contributed by atoms with E-state index in [1.54, 1.807) is 6.07 Å². The van der Waals surface area contributed by atoms with Crippen molar-refractivity contribution in [3.05, 3.63) is 41.6 Å². The van der Waals surface area contributed by atoms with Crippen LogP contribution in [-0.4, -0.2) is 15.8 Å². The molecule has 2 aromatic rings. The topological polar surface area (TPSA) is 34.9 Å². The maximum Gasteiger partial charge on any atom is 0.185 e. The molecule has 0 aliphatic heterocycles. The van der Waals surface area contributed by atoms with Crippen LogP contribution in [0.2, 0.25) is 0 Å². The number of halogens is 1. The number of aldehydes is 1. The minimum Gasteiger partial charge on any atom is -0.317 e. The van der Waals surface area contributed by atoms with Gasteiger partial charge in [-0.25, -0.2) is 9.37 Å². The third-order valence-corrected chi connectivity index (χ3v) is 4.07. The number of hydrogen-bond acceptors (Lipinski definition) is 3. The molecule has 1 aromatic heterocycles. The molecule has 0 aliphatic rings. The lowest BCUT2D eigenvalue weighted by Gasteiger charge is -2.10. The maximum absolute atomic E-state index is 13.3. The molecule has 0 N–H and O–H groups in total. The largest absolute Gasteiger partial charge is 0.317 e. The minimum atomic E-state index is -0.265. The van der Waals surface area contributed by atoms with E-state index in [1.165, 1.54) is 23.9 Å². The molecular formula is C15H17FN2OS. The molecule has 0 radical (unpaired) electrons. The molecule has 0 atom stereocenters. The average Bonchev–Trinajstić information content (AvgIpc) is 2.76. The minimum absolute atomic E-state index is 0.206. The van der Waals surface area contributed by atoms with Crippen LogP contribution in [0.3, 0.4) is 0 Å². The summed E-state index contributed by atoms with van der Waals surface area (Å²) in [6.45, 7) is 6.69. The predicted molar refractivity (Wildman–Crippen MR) is 77.9 cm³/mol. The summed E-state index contributed by atoms with van der Waals surface area (Å²) in [5.41, 5.74) is 0.878. The number of hydrogen-bond donors (Lipinski definition) is 0. The van der Waals surface area contributed by atoms with Gasteiger partial charge in [0.05, 0.1) is 5.69 Å². The lowest BCUT2D eigenvalue weighted by Crippen LogP contribution is -2.02. The SMILES string of the molecule is CCn1c(C=O)nc(C(C)C)c1Sc1cccc(F)c1. The standard InChI is InChI=1S/C15H17FN2OS/c1-4-18-13(9-19)17-14(10(2)3)15(18)20-12-7-5-6-11(16)8-12/h5-10H,4H2,1-3H3. The van der Waals surface area contributed by atoms with E-state index in [-0.39, 0.29) is 11.7 Å². The molecule has 106 valence electrons. The molecule has 3 nitrogen and oxygen atoms in total. The van der Waals surface area contributed by atoms with Gasteiger partial charge in [0, 0.05) is 11.4 Å². The van der Waals surface area contributed by atoms with E-state index in [4.69, 9.17) is 0 Å². The van der Waals surface area contributed by atoms with E-state index >= 15 is 0 Å². The van der Waals surface area contributed by atoms with Crippen molar-refractivity contribution in [1.82, 2.24) is 9.55 Å². The summed E-state index contributed by atoms with van der Waals surface area (Å²) in [7, 11) is 0. The van der Waals surface area contributed by atoms with E-state index in [1.807, 2.05) is 31.4 Å². The summed E-state index contributed by atoms with van der Waals surface area (Å²) < 4.78 is 15.2. The molecule has 0 saturated heterocycles. The van der Waals surface area contributed by atoms with Crippen molar-refractivity contribution in [3.8, 4) is 0 Å². The molecule has 1 aromatic carbocycles. The Labute approximate surface area is 122 Å². The molecule has 1 heterocycles. The van der Waals surface area contributed by atoms with E-state index < -0.39 is 0 Å². The Morgan fingerprint density at radius 2 is 2.20 bits per heavy atom. The summed E-state index contributed by atoms with van der Waals surface area (Å²) in [5.74, 6) is 0.368. The van der Waals surface area contributed by atoms with Gasteiger partial charge in [0.15, 0.2) is 12.1 Å². The zero-order chi connectivity index (χ0) is 14.7. The van der Waals surface area contributed by atoms with Crippen LogP contribution in [0.5, 0.6) is 0 Å². The smallest absolute Gasteiger partial charge is 0.185 e. The molecule has 0 aliphatic carbocycles. The van der Waals surface area contributed by atoms with Crippen LogP contribution in [0.1, 0.15) is 43.0 Å². The van der Waals surface area contributed by atoms with Gasteiger partial charge in [-0.05, 0) is 31.0 Å². The highest BCUT2D eigenvalue weighted by molar-refractivity contribution is 7.99. The molecule has 0 unspecified atom stereocenters. The van der Waals surface area contributed by atoms with Crippen molar-refractivity contribution < 1.29 is 9.18 Å². The monoisotopic (exact) mass is 292 g/mol. The van der Waals surface area contributed by atoms with Gasteiger partial charge in [0.1, 0.15) is 10.8 Å². The van der Waals surface area contributed by atoms with Crippen LogP contribution in [-0.2, 0) is 6.54 Å². The molecule has 20 heavy (non-hydrogen) atoms. The number of carbonyl (C=O) groups is 1. The number of benzene rings is 1. The Balaban J connectivity index is 2.48. The summed E-state index contributed by atoms with van der Waals surface area (Å²) in [6, 6.07) is 6.44. The van der Waals surface area contributed by atoms with Crippen molar-refractivity contribution in [1.29, 1.82) is 0 Å². The van der Waals surface area contributed by atoms with Gasteiger partial charge in [0.25, 0.3) is 0 Å². The maximum atomic E-state index is 13.3. The van der Waals surface area contributed by atoms with Crippen molar-refractivity contribution in [2.45, 2.75) is 43.2 Å². The molecular weight excluding hydrogens is 275 g/mol. The second-order valence-corrected chi connectivity index (χ2v) is 5.80. The summed E-state index contributed by atoms with van der Waals surface area (Å²) in [5, 5.41) is 0.912. The number of nitrogens with zero attached hydrogens (tertiary/aromatic N) is 2. The highest BCUT2D eigenvalue weighted by Gasteiger charge is 2.19.